The number of rotatable bonds is 6. The van der Waals surface area contributed by atoms with Gasteiger partial charge < -0.3 is 19.6 Å². The Morgan fingerprint density at radius 1 is 1.12 bits per heavy atom. The molecule has 0 unspecified atom stereocenters. The third kappa shape index (κ3) is 3.74. The van der Waals surface area contributed by atoms with Crippen LogP contribution in [0, 0.1) is 5.41 Å². The van der Waals surface area contributed by atoms with Crippen LogP contribution in [-0.2, 0) is 11.2 Å². The van der Waals surface area contributed by atoms with Crippen LogP contribution in [0.2, 0.25) is 0 Å². The van der Waals surface area contributed by atoms with Crippen molar-refractivity contribution in [3.8, 4) is 11.4 Å². The minimum atomic E-state index is -2.73. The van der Waals surface area contributed by atoms with Crippen molar-refractivity contribution >= 4 is 0 Å². The second kappa shape index (κ2) is 7.76. The molecule has 0 aliphatic carbocycles. The van der Waals surface area contributed by atoms with E-state index in [0.717, 1.165) is 0 Å². The van der Waals surface area contributed by atoms with Crippen LogP contribution in [-0.4, -0.2) is 50.4 Å². The fourth-order valence-electron chi connectivity index (χ4n) is 4.50. The highest BCUT2D eigenvalue weighted by Gasteiger charge is 2.55. The average Bonchev–Trinajstić information content (AvgIpc) is 3.27. The van der Waals surface area contributed by atoms with Gasteiger partial charge in [0.2, 0.25) is 5.82 Å². The van der Waals surface area contributed by atoms with Gasteiger partial charge in [-0.25, -0.2) is 0 Å². The highest BCUT2D eigenvalue weighted by Crippen LogP contribution is 2.50. The van der Waals surface area contributed by atoms with Gasteiger partial charge in [-0.1, -0.05) is 50.0 Å². The van der Waals surface area contributed by atoms with E-state index >= 15 is 0 Å². The Hall–Kier alpha value is -2.61. The number of pyridine rings is 1. The van der Waals surface area contributed by atoms with E-state index < -0.39 is 36.2 Å². The van der Waals surface area contributed by atoms with Gasteiger partial charge in [-0.2, -0.15) is 4.98 Å². The van der Waals surface area contributed by atoms with Gasteiger partial charge in [-0.05, 0) is 44.0 Å². The molecule has 0 amide bonds. The Morgan fingerprint density at radius 3 is 2.38 bits per heavy atom. The third-order valence-electron chi connectivity index (χ3n) is 6.14. The molecule has 1 saturated heterocycles. The zero-order valence-corrected chi connectivity index (χ0v) is 18.6. The molecule has 1 aliphatic rings. The lowest BCUT2D eigenvalue weighted by Crippen LogP contribution is -2.63. The van der Waals surface area contributed by atoms with E-state index in [0.29, 0.717) is 29.8 Å². The van der Waals surface area contributed by atoms with Crippen molar-refractivity contribution in [2.24, 2.45) is 5.41 Å². The lowest BCUT2D eigenvalue weighted by Gasteiger charge is -2.55. The fraction of sp³-hybridized carbons (Fsp3) is 0.480. The molecule has 2 N–H and O–H groups in total. The maximum absolute atomic E-state index is 12.4. The summed E-state index contributed by atoms with van der Waals surface area (Å²) in [4.78, 5) is 10.6. The van der Waals surface area contributed by atoms with Crippen LogP contribution < -0.4 is 0 Å². The van der Waals surface area contributed by atoms with Gasteiger partial charge in [-0.15, -0.1) is 0 Å². The average molecular weight is 443 g/mol. The summed E-state index contributed by atoms with van der Waals surface area (Å²) in [5.74, 6) is -1.42. The molecular weight excluding hydrogens is 404 g/mol. The summed E-state index contributed by atoms with van der Waals surface area (Å²) in [5.41, 5.74) is -2.01. The number of likely N-dealkylation sites (tertiary alicyclic amines) is 1. The number of aromatic nitrogens is 3. The standard InChI is InChI=1S/C25H32N4O3/c1-16(2)17-7-9-19(10-8-17)25(31,24(5)14-29(6)15-24)20-11-18(12-26-13-20)21-27-22(32-28-21)23(3,4)30/h7-13,16,30-31H,14-15H2,1-6H3/t25-/m0/s1/i1D3,2D3. The van der Waals surface area contributed by atoms with E-state index in [1.54, 1.807) is 24.4 Å². The quantitative estimate of drug-likeness (QED) is 0.601. The number of nitrogens with zero attached hydrogens (tertiary/aromatic N) is 4. The predicted octanol–water partition coefficient (Wildman–Crippen LogP) is 3.67. The lowest BCUT2D eigenvalue weighted by atomic mass is 9.62. The molecule has 1 fully saturated rings. The zero-order chi connectivity index (χ0) is 28.3. The summed E-state index contributed by atoms with van der Waals surface area (Å²) in [6, 6.07) is 7.79. The molecule has 0 spiro atoms. The predicted molar refractivity (Wildman–Crippen MR) is 122 cm³/mol. The summed E-state index contributed by atoms with van der Waals surface area (Å²) in [7, 11) is 1.94. The highest BCUT2D eigenvalue weighted by atomic mass is 16.5. The van der Waals surface area contributed by atoms with Crippen LogP contribution in [0.3, 0.4) is 0 Å². The molecule has 32 heavy (non-hydrogen) atoms. The minimum Gasteiger partial charge on any atom is -0.381 e. The lowest BCUT2D eigenvalue weighted by molar-refractivity contribution is -0.127. The van der Waals surface area contributed by atoms with Gasteiger partial charge in [0, 0.05) is 50.2 Å². The van der Waals surface area contributed by atoms with Crippen molar-refractivity contribution in [2.45, 2.75) is 51.6 Å². The summed E-state index contributed by atoms with van der Waals surface area (Å²) in [6.07, 6.45) is 3.07. The molecule has 2 aromatic heterocycles. The zero-order valence-electron chi connectivity index (χ0n) is 24.6. The Bertz CT molecular complexity index is 1280. The maximum Gasteiger partial charge on any atom is 0.258 e. The highest BCUT2D eigenvalue weighted by molar-refractivity contribution is 5.56. The van der Waals surface area contributed by atoms with Crippen LogP contribution in [0.15, 0.2) is 47.2 Å². The van der Waals surface area contributed by atoms with Gasteiger partial charge in [0.25, 0.3) is 5.89 Å². The minimum absolute atomic E-state index is 0.0365. The van der Waals surface area contributed by atoms with Crippen molar-refractivity contribution in [3.05, 3.63) is 65.3 Å². The molecule has 7 nitrogen and oxygen atoms in total. The molecule has 3 heterocycles. The van der Waals surface area contributed by atoms with Gasteiger partial charge in [-0.3, -0.25) is 4.98 Å². The molecule has 1 atom stereocenters. The molecule has 1 aliphatic heterocycles. The van der Waals surface area contributed by atoms with E-state index in [2.05, 4.69) is 20.0 Å². The van der Waals surface area contributed by atoms with E-state index in [1.165, 1.54) is 32.2 Å². The molecule has 0 radical (unpaired) electrons. The van der Waals surface area contributed by atoms with E-state index in [-0.39, 0.29) is 17.3 Å². The summed E-state index contributed by atoms with van der Waals surface area (Å²) in [5, 5.41) is 26.6. The Kier molecular flexibility index (Phi) is 3.90. The van der Waals surface area contributed by atoms with Crippen molar-refractivity contribution in [2.75, 3.05) is 20.1 Å². The third-order valence-corrected chi connectivity index (χ3v) is 6.14. The van der Waals surface area contributed by atoms with E-state index in [9.17, 15) is 10.2 Å². The fourth-order valence-corrected chi connectivity index (χ4v) is 4.50. The molecule has 3 aromatic rings. The van der Waals surface area contributed by atoms with Gasteiger partial charge in [0.15, 0.2) is 0 Å². The Balaban J connectivity index is 1.81. The molecule has 4 rings (SSSR count). The SMILES string of the molecule is [2H]C([2H])([2H])C(c1ccc([C@](O)(c2cncc(-c3noc(C(C)(C)O)n3)c2)C2(C)CN(C)C2)cc1)C([2H])([2H])[2H]. The maximum atomic E-state index is 12.4. The molecule has 7 heteroatoms. The smallest absolute Gasteiger partial charge is 0.258 e. The summed E-state index contributed by atoms with van der Waals surface area (Å²) >= 11 is 0. The second-order valence-electron chi connectivity index (χ2n) is 9.44. The summed E-state index contributed by atoms with van der Waals surface area (Å²) < 4.78 is 51.8. The number of hydrogen-bond acceptors (Lipinski definition) is 7. The van der Waals surface area contributed by atoms with Gasteiger partial charge >= 0.3 is 0 Å². The van der Waals surface area contributed by atoms with Gasteiger partial charge in [0.1, 0.15) is 11.2 Å². The molecule has 0 saturated carbocycles. The first kappa shape index (κ1) is 16.1. The van der Waals surface area contributed by atoms with Crippen molar-refractivity contribution in [3.63, 3.8) is 0 Å². The molecular formula is C25H32N4O3. The monoisotopic (exact) mass is 442 g/mol. The topological polar surface area (TPSA) is 95.5 Å². The molecule has 1 aromatic carbocycles. The van der Waals surface area contributed by atoms with Crippen molar-refractivity contribution in [1.82, 2.24) is 20.0 Å². The first-order valence-corrected chi connectivity index (χ1v) is 10.4. The van der Waals surface area contributed by atoms with Crippen LogP contribution in [0.25, 0.3) is 11.4 Å². The van der Waals surface area contributed by atoms with Crippen LogP contribution in [0.1, 0.15) is 71.2 Å². The van der Waals surface area contributed by atoms with Gasteiger partial charge in [0.05, 0.1) is 0 Å². The number of benzene rings is 1. The number of hydrogen-bond donors (Lipinski definition) is 2. The van der Waals surface area contributed by atoms with Crippen molar-refractivity contribution in [1.29, 1.82) is 0 Å². The number of aliphatic hydroxyl groups is 2. The van der Waals surface area contributed by atoms with Crippen LogP contribution >= 0.6 is 0 Å². The van der Waals surface area contributed by atoms with Crippen LogP contribution in [0.4, 0.5) is 0 Å². The molecule has 170 valence electrons. The first-order chi connectivity index (χ1) is 17.4. The largest absolute Gasteiger partial charge is 0.381 e. The Morgan fingerprint density at radius 2 is 1.81 bits per heavy atom. The second-order valence-corrected chi connectivity index (χ2v) is 9.44. The summed E-state index contributed by atoms with van der Waals surface area (Å²) in [6.45, 7) is 0.674. The van der Waals surface area contributed by atoms with Crippen molar-refractivity contribution < 1.29 is 23.0 Å². The first-order valence-electron chi connectivity index (χ1n) is 13.4. The Labute approximate surface area is 197 Å². The molecule has 0 bridgehead atoms. The van der Waals surface area contributed by atoms with Crippen LogP contribution in [0.5, 0.6) is 0 Å². The van der Waals surface area contributed by atoms with E-state index in [1.807, 2.05) is 14.0 Å². The normalized spacial score (nSPS) is 22.0. The van der Waals surface area contributed by atoms with E-state index in [4.69, 9.17) is 12.7 Å².